The molecule has 1 heterocycles. The number of rotatable bonds is 8. The number of ether oxygens (including phenoxy) is 1. The summed E-state index contributed by atoms with van der Waals surface area (Å²) >= 11 is 6.42. The Hall–Kier alpha value is -0.740. The minimum absolute atomic E-state index is 0.113. The lowest BCUT2D eigenvalue weighted by Gasteiger charge is -2.22. The topological polar surface area (TPSA) is 89.8 Å². The molecule has 1 aromatic rings. The Bertz CT molecular complexity index is 600. The van der Waals surface area contributed by atoms with Crippen molar-refractivity contribution in [3.05, 3.63) is 20.5 Å². The van der Waals surface area contributed by atoms with Gasteiger partial charge in [0, 0.05) is 26.3 Å². The first kappa shape index (κ1) is 18.3. The van der Waals surface area contributed by atoms with E-state index in [2.05, 4.69) is 0 Å². The average Bonchev–Trinajstić information content (AvgIpc) is 2.76. The Morgan fingerprint density at radius 2 is 2.14 bits per heavy atom. The van der Waals surface area contributed by atoms with E-state index < -0.39 is 20.6 Å². The van der Waals surface area contributed by atoms with E-state index in [1.807, 2.05) is 13.8 Å². The molecule has 21 heavy (non-hydrogen) atoms. The van der Waals surface area contributed by atoms with Gasteiger partial charge in [-0.25, -0.2) is 8.42 Å². The number of hydrogen-bond donors (Lipinski definition) is 0. The van der Waals surface area contributed by atoms with Crippen molar-refractivity contribution >= 4 is 38.6 Å². The highest BCUT2D eigenvalue weighted by Crippen LogP contribution is 2.37. The Kier molecular flexibility index (Phi) is 6.54. The lowest BCUT2D eigenvalue weighted by Crippen LogP contribution is -2.36. The van der Waals surface area contributed by atoms with E-state index in [-0.39, 0.29) is 27.6 Å². The van der Waals surface area contributed by atoms with E-state index in [1.165, 1.54) is 11.4 Å². The van der Waals surface area contributed by atoms with E-state index in [4.69, 9.17) is 16.3 Å². The summed E-state index contributed by atoms with van der Waals surface area (Å²) in [5.74, 6) is 0.113. The first-order chi connectivity index (χ1) is 9.70. The third-order valence-corrected chi connectivity index (χ3v) is 6.20. The minimum Gasteiger partial charge on any atom is -0.383 e. The van der Waals surface area contributed by atoms with Gasteiger partial charge >= 0.3 is 0 Å². The number of nitrogens with zero attached hydrogens (tertiary/aromatic N) is 2. The third-order valence-electron chi connectivity index (χ3n) is 2.55. The van der Waals surface area contributed by atoms with E-state index in [9.17, 15) is 18.5 Å². The second-order valence-electron chi connectivity index (χ2n) is 4.73. The van der Waals surface area contributed by atoms with Crippen molar-refractivity contribution in [3.63, 3.8) is 0 Å². The number of nitro groups is 1. The highest BCUT2D eigenvalue weighted by Gasteiger charge is 2.30. The van der Waals surface area contributed by atoms with Crippen molar-refractivity contribution in [1.82, 2.24) is 4.31 Å². The SMILES string of the molecule is COCCN(CC(C)C)S(=O)(=O)c1cc([N+](=O)[O-])c(Cl)s1. The first-order valence-corrected chi connectivity index (χ1v) is 8.76. The summed E-state index contributed by atoms with van der Waals surface area (Å²) in [6, 6.07) is 1.00. The molecule has 0 aliphatic carbocycles. The summed E-state index contributed by atoms with van der Waals surface area (Å²) < 4.78 is 31.0. The van der Waals surface area contributed by atoms with Crippen LogP contribution >= 0.6 is 22.9 Å². The van der Waals surface area contributed by atoms with Crippen LogP contribution in [0.3, 0.4) is 0 Å². The maximum atomic E-state index is 12.6. The molecule has 0 saturated heterocycles. The molecule has 0 atom stereocenters. The van der Waals surface area contributed by atoms with Gasteiger partial charge in [-0.2, -0.15) is 4.31 Å². The highest BCUT2D eigenvalue weighted by atomic mass is 35.5. The van der Waals surface area contributed by atoms with Crippen LogP contribution in [-0.4, -0.2) is 44.5 Å². The predicted molar refractivity (Wildman–Crippen MR) is 81.5 cm³/mol. The van der Waals surface area contributed by atoms with Crippen molar-refractivity contribution in [2.24, 2.45) is 5.92 Å². The Balaban J connectivity index is 3.15. The quantitative estimate of drug-likeness (QED) is 0.527. The van der Waals surface area contributed by atoms with E-state index in [0.29, 0.717) is 17.9 Å². The summed E-state index contributed by atoms with van der Waals surface area (Å²) in [6.45, 7) is 4.50. The Morgan fingerprint density at radius 3 is 2.57 bits per heavy atom. The zero-order valence-electron chi connectivity index (χ0n) is 11.9. The fourth-order valence-corrected chi connectivity index (χ4v) is 5.03. The second-order valence-corrected chi connectivity index (χ2v) is 8.55. The van der Waals surface area contributed by atoms with Crippen molar-refractivity contribution in [2.75, 3.05) is 26.8 Å². The van der Waals surface area contributed by atoms with Gasteiger partial charge in [0.1, 0.15) is 4.21 Å². The van der Waals surface area contributed by atoms with Crippen LogP contribution in [0.15, 0.2) is 10.3 Å². The molecule has 0 amide bonds. The number of hydrogen-bond acceptors (Lipinski definition) is 6. The van der Waals surface area contributed by atoms with Crippen LogP contribution in [0.1, 0.15) is 13.8 Å². The monoisotopic (exact) mass is 356 g/mol. The average molecular weight is 357 g/mol. The first-order valence-electron chi connectivity index (χ1n) is 6.13. The van der Waals surface area contributed by atoms with Crippen LogP contribution in [0.25, 0.3) is 0 Å². The summed E-state index contributed by atoms with van der Waals surface area (Å²) in [4.78, 5) is 10.1. The van der Waals surface area contributed by atoms with Crippen molar-refractivity contribution in [1.29, 1.82) is 0 Å². The zero-order chi connectivity index (χ0) is 16.2. The van der Waals surface area contributed by atoms with Crippen LogP contribution in [0, 0.1) is 16.0 Å². The molecular weight excluding hydrogens is 340 g/mol. The predicted octanol–water partition coefficient (Wildman–Crippen LogP) is 2.60. The van der Waals surface area contributed by atoms with Gasteiger partial charge in [-0.15, -0.1) is 11.3 Å². The van der Waals surface area contributed by atoms with Gasteiger partial charge in [-0.3, -0.25) is 10.1 Å². The third kappa shape index (κ3) is 4.62. The summed E-state index contributed by atoms with van der Waals surface area (Å²) in [5.41, 5.74) is -0.392. The molecule has 120 valence electrons. The van der Waals surface area contributed by atoms with Crippen LogP contribution in [0.2, 0.25) is 4.34 Å². The number of sulfonamides is 1. The molecule has 0 aliphatic heterocycles. The molecule has 0 radical (unpaired) electrons. The number of methoxy groups -OCH3 is 1. The van der Waals surface area contributed by atoms with Gasteiger partial charge in [-0.05, 0) is 5.92 Å². The fourth-order valence-electron chi connectivity index (χ4n) is 1.63. The smallest absolute Gasteiger partial charge is 0.300 e. The van der Waals surface area contributed by atoms with Crippen LogP contribution in [-0.2, 0) is 14.8 Å². The van der Waals surface area contributed by atoms with Gasteiger partial charge in [0.05, 0.1) is 11.5 Å². The van der Waals surface area contributed by atoms with Crippen LogP contribution in [0.5, 0.6) is 0 Å². The molecule has 7 nitrogen and oxygen atoms in total. The number of thiophene rings is 1. The van der Waals surface area contributed by atoms with Gasteiger partial charge in [0.2, 0.25) is 0 Å². The van der Waals surface area contributed by atoms with Gasteiger partial charge in [0.25, 0.3) is 15.7 Å². The van der Waals surface area contributed by atoms with Crippen molar-refractivity contribution in [2.45, 2.75) is 18.1 Å². The minimum atomic E-state index is -3.82. The van der Waals surface area contributed by atoms with Gasteiger partial charge in [0.15, 0.2) is 4.34 Å². The summed E-state index contributed by atoms with van der Waals surface area (Å²) in [6.07, 6.45) is 0. The molecule has 0 unspecified atom stereocenters. The van der Waals surface area contributed by atoms with E-state index in [1.54, 1.807) is 0 Å². The molecular formula is C11H17ClN2O5S2. The normalized spacial score (nSPS) is 12.3. The van der Waals surface area contributed by atoms with Crippen LogP contribution in [0.4, 0.5) is 5.69 Å². The lowest BCUT2D eigenvalue weighted by atomic mass is 10.2. The van der Waals surface area contributed by atoms with Crippen LogP contribution < -0.4 is 0 Å². The number of halogens is 1. The summed E-state index contributed by atoms with van der Waals surface area (Å²) in [7, 11) is -2.34. The molecule has 0 spiro atoms. The molecule has 0 aliphatic rings. The van der Waals surface area contributed by atoms with Crippen molar-refractivity contribution < 1.29 is 18.1 Å². The molecule has 0 saturated carbocycles. The lowest BCUT2D eigenvalue weighted by molar-refractivity contribution is -0.384. The molecule has 0 aromatic carbocycles. The molecule has 0 bridgehead atoms. The Labute approximate surface area is 132 Å². The van der Waals surface area contributed by atoms with E-state index >= 15 is 0 Å². The highest BCUT2D eigenvalue weighted by molar-refractivity contribution is 7.91. The fraction of sp³-hybridized carbons (Fsp3) is 0.636. The zero-order valence-corrected chi connectivity index (χ0v) is 14.3. The largest absolute Gasteiger partial charge is 0.383 e. The molecule has 0 fully saturated rings. The molecule has 0 N–H and O–H groups in total. The molecule has 1 aromatic heterocycles. The Morgan fingerprint density at radius 1 is 1.52 bits per heavy atom. The van der Waals surface area contributed by atoms with Gasteiger partial charge < -0.3 is 4.74 Å². The van der Waals surface area contributed by atoms with Gasteiger partial charge in [-0.1, -0.05) is 25.4 Å². The maximum Gasteiger partial charge on any atom is 0.300 e. The van der Waals surface area contributed by atoms with E-state index in [0.717, 1.165) is 6.07 Å². The molecule has 10 heteroatoms. The van der Waals surface area contributed by atoms with Crippen molar-refractivity contribution in [3.8, 4) is 0 Å². The maximum absolute atomic E-state index is 12.6. The standard InChI is InChI=1S/C11H17ClN2O5S2/c1-8(2)7-13(4-5-19-3)21(17,18)10-6-9(14(15)16)11(12)20-10/h6,8H,4-5,7H2,1-3H3. The summed E-state index contributed by atoms with van der Waals surface area (Å²) in [5, 5.41) is 10.8. The molecule has 1 rings (SSSR count). The second kappa shape index (κ2) is 7.50.